The average molecular weight is 237 g/mol. The minimum absolute atomic E-state index is 0.00761. The zero-order valence-electron chi connectivity index (χ0n) is 10.7. The summed E-state index contributed by atoms with van der Waals surface area (Å²) in [4.78, 5) is 0. The van der Waals surface area contributed by atoms with E-state index in [-0.39, 0.29) is 5.41 Å². The van der Waals surface area contributed by atoms with Crippen LogP contribution in [0, 0.1) is 26.2 Å². The highest BCUT2D eigenvalue weighted by atomic mass is 35.5. The van der Waals surface area contributed by atoms with Gasteiger partial charge in [0.25, 0.3) is 0 Å². The molecule has 0 spiro atoms. The quantitative estimate of drug-likeness (QED) is 0.530. The van der Waals surface area contributed by atoms with Crippen LogP contribution in [0.15, 0.2) is 24.8 Å². The molecule has 1 aromatic rings. The van der Waals surface area contributed by atoms with Crippen molar-refractivity contribution in [2.75, 3.05) is 5.88 Å². The number of aryl methyl sites for hydroxylation is 3. The first kappa shape index (κ1) is 13.3. The van der Waals surface area contributed by atoms with E-state index in [9.17, 15) is 0 Å². The molecule has 0 aliphatic carbocycles. The van der Waals surface area contributed by atoms with Crippen LogP contribution in [-0.2, 0) is 6.42 Å². The third kappa shape index (κ3) is 2.89. The van der Waals surface area contributed by atoms with Gasteiger partial charge in [-0.15, -0.1) is 18.2 Å². The highest BCUT2D eigenvalue weighted by Gasteiger charge is 2.21. The molecule has 1 aromatic carbocycles. The molecular weight excluding hydrogens is 216 g/mol. The summed E-state index contributed by atoms with van der Waals surface area (Å²) in [7, 11) is 0. The van der Waals surface area contributed by atoms with Crippen LogP contribution in [0.3, 0.4) is 0 Å². The Hall–Kier alpha value is -0.750. The van der Waals surface area contributed by atoms with E-state index in [0.29, 0.717) is 5.88 Å². The summed E-state index contributed by atoms with van der Waals surface area (Å²) in [6, 6.07) is 4.47. The summed E-state index contributed by atoms with van der Waals surface area (Å²) < 4.78 is 0. The van der Waals surface area contributed by atoms with E-state index in [0.717, 1.165) is 6.42 Å². The second-order valence-corrected chi connectivity index (χ2v) is 5.31. The van der Waals surface area contributed by atoms with Gasteiger partial charge in [0, 0.05) is 11.3 Å². The Bertz CT molecular complexity index is 369. The molecule has 0 aliphatic heterocycles. The number of rotatable bonds is 4. The van der Waals surface area contributed by atoms with E-state index in [1.54, 1.807) is 0 Å². The monoisotopic (exact) mass is 236 g/mol. The molecule has 1 rings (SSSR count). The molecule has 0 fully saturated rings. The summed E-state index contributed by atoms with van der Waals surface area (Å²) in [6.07, 6.45) is 2.94. The minimum atomic E-state index is -0.00761. The van der Waals surface area contributed by atoms with Gasteiger partial charge in [-0.05, 0) is 43.9 Å². The van der Waals surface area contributed by atoms with Crippen molar-refractivity contribution in [3.63, 3.8) is 0 Å². The average Bonchev–Trinajstić information content (AvgIpc) is 2.23. The van der Waals surface area contributed by atoms with E-state index >= 15 is 0 Å². The second kappa shape index (κ2) is 5.05. The van der Waals surface area contributed by atoms with E-state index in [4.69, 9.17) is 11.6 Å². The first-order valence-corrected chi connectivity index (χ1v) is 6.21. The smallest absolute Gasteiger partial charge is 0.0315 e. The van der Waals surface area contributed by atoms with Gasteiger partial charge in [-0.1, -0.05) is 30.7 Å². The molecule has 0 heterocycles. The third-order valence-corrected chi connectivity index (χ3v) is 3.83. The molecule has 0 aliphatic rings. The van der Waals surface area contributed by atoms with E-state index in [2.05, 4.69) is 46.4 Å². The van der Waals surface area contributed by atoms with Crippen molar-refractivity contribution in [3.8, 4) is 0 Å². The van der Waals surface area contributed by atoms with Gasteiger partial charge < -0.3 is 0 Å². The molecule has 0 bridgehead atoms. The van der Waals surface area contributed by atoms with E-state index in [1.807, 2.05) is 6.08 Å². The predicted octanol–water partition coefficient (Wildman–Crippen LogP) is 4.59. The maximum Gasteiger partial charge on any atom is 0.0315 e. The van der Waals surface area contributed by atoms with Gasteiger partial charge in [0.1, 0.15) is 0 Å². The molecule has 0 saturated heterocycles. The number of hydrogen-bond acceptors (Lipinski definition) is 0. The minimum Gasteiger partial charge on any atom is -0.126 e. The SMILES string of the molecule is C=CC(C)(CCl)Cc1c(C)cc(C)cc1C. The lowest BCUT2D eigenvalue weighted by Gasteiger charge is -2.25. The van der Waals surface area contributed by atoms with Gasteiger partial charge in [0.05, 0.1) is 0 Å². The molecule has 0 aromatic heterocycles. The first-order valence-electron chi connectivity index (χ1n) is 5.68. The molecular formula is C15H21Cl. The van der Waals surface area contributed by atoms with Crippen LogP contribution < -0.4 is 0 Å². The molecule has 1 atom stereocenters. The summed E-state index contributed by atoms with van der Waals surface area (Å²) in [6.45, 7) is 12.5. The Morgan fingerprint density at radius 2 is 1.75 bits per heavy atom. The molecule has 1 unspecified atom stereocenters. The van der Waals surface area contributed by atoms with Gasteiger partial charge in [-0.25, -0.2) is 0 Å². The highest BCUT2D eigenvalue weighted by Crippen LogP contribution is 2.29. The molecule has 0 saturated carbocycles. The molecule has 0 N–H and O–H groups in total. The Kier molecular flexibility index (Phi) is 4.21. The Morgan fingerprint density at radius 1 is 1.25 bits per heavy atom. The van der Waals surface area contributed by atoms with Crippen LogP contribution in [0.4, 0.5) is 0 Å². The molecule has 0 amide bonds. The Balaban J connectivity index is 3.10. The van der Waals surface area contributed by atoms with Crippen LogP contribution in [-0.4, -0.2) is 5.88 Å². The Labute approximate surface area is 104 Å². The predicted molar refractivity (Wildman–Crippen MR) is 73.4 cm³/mol. The maximum absolute atomic E-state index is 6.02. The number of halogens is 1. The first-order chi connectivity index (χ1) is 7.41. The van der Waals surface area contributed by atoms with E-state index < -0.39 is 0 Å². The largest absolute Gasteiger partial charge is 0.126 e. The van der Waals surface area contributed by atoms with Crippen LogP contribution >= 0.6 is 11.6 Å². The van der Waals surface area contributed by atoms with Crippen molar-refractivity contribution in [2.24, 2.45) is 5.41 Å². The lowest BCUT2D eigenvalue weighted by atomic mass is 9.82. The van der Waals surface area contributed by atoms with Crippen molar-refractivity contribution in [1.82, 2.24) is 0 Å². The van der Waals surface area contributed by atoms with Crippen LogP contribution in [0.2, 0.25) is 0 Å². The topological polar surface area (TPSA) is 0 Å². The third-order valence-electron chi connectivity index (χ3n) is 3.22. The van der Waals surface area contributed by atoms with Crippen molar-refractivity contribution in [2.45, 2.75) is 34.1 Å². The number of hydrogen-bond donors (Lipinski definition) is 0. The molecule has 16 heavy (non-hydrogen) atoms. The number of allylic oxidation sites excluding steroid dienone is 1. The van der Waals surface area contributed by atoms with Crippen LogP contribution in [0.5, 0.6) is 0 Å². The summed E-state index contributed by atoms with van der Waals surface area (Å²) >= 11 is 6.02. The summed E-state index contributed by atoms with van der Waals surface area (Å²) in [5.41, 5.74) is 5.44. The number of benzene rings is 1. The second-order valence-electron chi connectivity index (χ2n) is 5.05. The molecule has 88 valence electrons. The fraction of sp³-hybridized carbons (Fsp3) is 0.467. The Morgan fingerprint density at radius 3 is 2.12 bits per heavy atom. The van der Waals surface area contributed by atoms with E-state index in [1.165, 1.54) is 22.3 Å². The fourth-order valence-electron chi connectivity index (χ4n) is 2.07. The van der Waals surface area contributed by atoms with Gasteiger partial charge in [0.15, 0.2) is 0 Å². The van der Waals surface area contributed by atoms with Crippen molar-refractivity contribution in [1.29, 1.82) is 0 Å². The summed E-state index contributed by atoms with van der Waals surface area (Å²) in [5.74, 6) is 0.614. The normalized spacial score (nSPS) is 14.6. The van der Waals surface area contributed by atoms with Crippen molar-refractivity contribution < 1.29 is 0 Å². The van der Waals surface area contributed by atoms with Crippen LogP contribution in [0.25, 0.3) is 0 Å². The molecule has 0 radical (unpaired) electrons. The molecule has 1 heteroatoms. The van der Waals surface area contributed by atoms with Gasteiger partial charge in [-0.3, -0.25) is 0 Å². The maximum atomic E-state index is 6.02. The summed E-state index contributed by atoms with van der Waals surface area (Å²) in [5, 5.41) is 0. The van der Waals surface area contributed by atoms with Crippen molar-refractivity contribution in [3.05, 3.63) is 47.0 Å². The standard InChI is InChI=1S/C15H21Cl/c1-6-15(5,10-16)9-14-12(3)7-11(2)8-13(14)4/h6-8H,1,9-10H2,2-5H3. The van der Waals surface area contributed by atoms with Crippen LogP contribution in [0.1, 0.15) is 29.2 Å². The zero-order valence-corrected chi connectivity index (χ0v) is 11.5. The number of alkyl halides is 1. The van der Waals surface area contributed by atoms with Gasteiger partial charge in [-0.2, -0.15) is 0 Å². The van der Waals surface area contributed by atoms with Gasteiger partial charge >= 0.3 is 0 Å². The lowest BCUT2D eigenvalue weighted by Crippen LogP contribution is -2.19. The van der Waals surface area contributed by atoms with Crippen molar-refractivity contribution >= 4 is 11.6 Å². The highest BCUT2D eigenvalue weighted by molar-refractivity contribution is 6.18. The van der Waals surface area contributed by atoms with Gasteiger partial charge in [0.2, 0.25) is 0 Å². The lowest BCUT2D eigenvalue weighted by molar-refractivity contribution is 0.484. The zero-order chi connectivity index (χ0) is 12.3. The molecule has 0 nitrogen and oxygen atoms in total. The fourth-order valence-corrected chi connectivity index (χ4v) is 2.27.